The van der Waals surface area contributed by atoms with Crippen LogP contribution in [0.25, 0.3) is 0 Å². The van der Waals surface area contributed by atoms with Crippen molar-refractivity contribution in [2.45, 2.75) is 45.1 Å². The Bertz CT molecular complexity index is 558. The molecule has 8 heteroatoms. The van der Waals surface area contributed by atoms with Crippen molar-refractivity contribution in [3.8, 4) is 0 Å². The fraction of sp³-hybridized carbons (Fsp3) is 0.643. The summed E-state index contributed by atoms with van der Waals surface area (Å²) in [5.41, 5.74) is -0.123. The minimum atomic E-state index is -0.477. The maximum Gasteiger partial charge on any atom is 0.329 e. The van der Waals surface area contributed by atoms with E-state index in [1.54, 1.807) is 6.92 Å². The highest BCUT2D eigenvalue weighted by Gasteiger charge is 2.30. The maximum absolute atomic E-state index is 11.4. The fourth-order valence-corrected chi connectivity index (χ4v) is 2.78. The monoisotopic (exact) mass is 308 g/mol. The highest BCUT2D eigenvalue weighted by Crippen LogP contribution is 2.32. The first kappa shape index (κ1) is 16.1. The Kier molecular flexibility index (Phi) is 5.24. The lowest BCUT2D eigenvalue weighted by Gasteiger charge is -2.29. The summed E-state index contributed by atoms with van der Waals surface area (Å²) in [6.45, 7) is 2.05. The molecule has 1 saturated carbocycles. The van der Waals surface area contributed by atoms with E-state index in [0.717, 1.165) is 25.7 Å². The van der Waals surface area contributed by atoms with Gasteiger partial charge in [0, 0.05) is 12.6 Å². The summed E-state index contributed by atoms with van der Waals surface area (Å²) in [6, 6.07) is 0.164. The third-order valence-corrected chi connectivity index (χ3v) is 3.89. The molecule has 0 saturated heterocycles. The summed E-state index contributed by atoms with van der Waals surface area (Å²) >= 11 is 0. The zero-order valence-electron chi connectivity index (χ0n) is 12.8. The molecule has 1 fully saturated rings. The molecule has 0 bridgehead atoms. The van der Waals surface area contributed by atoms with Gasteiger partial charge in [-0.1, -0.05) is 12.8 Å². The third kappa shape index (κ3) is 3.69. The first-order valence-corrected chi connectivity index (χ1v) is 7.34. The van der Waals surface area contributed by atoms with Crippen LogP contribution in [0.2, 0.25) is 0 Å². The smallest absolute Gasteiger partial charge is 0.329 e. The molecule has 2 rings (SSSR count). The summed E-state index contributed by atoms with van der Waals surface area (Å²) in [7, 11) is 1.33. The molecule has 1 aliphatic rings. The number of hydrogen-bond acceptors (Lipinski definition) is 7. The minimum absolute atomic E-state index is 0.123. The molecule has 0 N–H and O–H groups in total. The van der Waals surface area contributed by atoms with Gasteiger partial charge in [-0.25, -0.2) is 9.97 Å². The Morgan fingerprint density at radius 3 is 2.77 bits per heavy atom. The number of nitrogens with zero attached hydrogens (tertiary/aromatic N) is 4. The van der Waals surface area contributed by atoms with E-state index in [0.29, 0.717) is 18.2 Å². The molecule has 22 heavy (non-hydrogen) atoms. The minimum Gasteiger partial charge on any atom is -0.469 e. The van der Waals surface area contributed by atoms with Crippen molar-refractivity contribution < 1.29 is 14.5 Å². The molecule has 0 radical (unpaired) electrons. The number of carbonyl (C=O) groups is 1. The second-order valence-corrected chi connectivity index (χ2v) is 5.34. The fourth-order valence-electron chi connectivity index (χ4n) is 2.78. The predicted octanol–water partition coefficient (Wildman–Crippen LogP) is 2.01. The van der Waals surface area contributed by atoms with Crippen LogP contribution in [0.4, 0.5) is 11.5 Å². The molecule has 1 aromatic heterocycles. The molecule has 1 heterocycles. The van der Waals surface area contributed by atoms with Gasteiger partial charge in [0.1, 0.15) is 12.0 Å². The van der Waals surface area contributed by atoms with Crippen molar-refractivity contribution in [1.82, 2.24) is 9.97 Å². The Morgan fingerprint density at radius 2 is 2.18 bits per heavy atom. The first-order valence-electron chi connectivity index (χ1n) is 7.34. The van der Waals surface area contributed by atoms with Crippen LogP contribution >= 0.6 is 0 Å². The Morgan fingerprint density at radius 1 is 1.50 bits per heavy atom. The number of anilines is 1. The molecule has 8 nitrogen and oxygen atoms in total. The molecule has 0 aliphatic heterocycles. The van der Waals surface area contributed by atoms with Crippen LogP contribution in [-0.4, -0.2) is 40.6 Å². The summed E-state index contributed by atoms with van der Waals surface area (Å²) in [6.07, 6.45) is 5.46. The van der Waals surface area contributed by atoms with Crippen LogP contribution in [0, 0.1) is 17.0 Å². The molecule has 120 valence electrons. The lowest BCUT2D eigenvalue weighted by molar-refractivity contribution is -0.384. The average Bonchev–Trinajstić information content (AvgIpc) is 3.01. The van der Waals surface area contributed by atoms with Gasteiger partial charge in [-0.15, -0.1) is 0 Å². The van der Waals surface area contributed by atoms with Crippen molar-refractivity contribution in [3.05, 3.63) is 22.1 Å². The van der Waals surface area contributed by atoms with Gasteiger partial charge in [0.2, 0.25) is 5.82 Å². The standard InChI is InChI=1S/C14H20N4O4/c1-10-15-9-12(18(20)21)14(16-10)17(8-7-13(19)22-2)11-5-3-4-6-11/h9,11H,3-8H2,1-2H3. The quantitative estimate of drug-likeness (QED) is 0.450. The maximum atomic E-state index is 11.4. The van der Waals surface area contributed by atoms with Crippen molar-refractivity contribution in [2.24, 2.45) is 0 Å². The molecule has 0 aromatic carbocycles. The molecule has 1 aromatic rings. The number of esters is 1. The number of methoxy groups -OCH3 is 1. The summed E-state index contributed by atoms with van der Waals surface area (Å²) < 4.78 is 4.67. The van der Waals surface area contributed by atoms with Crippen LogP contribution in [-0.2, 0) is 9.53 Å². The van der Waals surface area contributed by atoms with E-state index in [9.17, 15) is 14.9 Å². The van der Waals surface area contributed by atoms with Crippen molar-refractivity contribution in [1.29, 1.82) is 0 Å². The predicted molar refractivity (Wildman–Crippen MR) is 79.7 cm³/mol. The number of rotatable bonds is 6. The Balaban J connectivity index is 2.32. The highest BCUT2D eigenvalue weighted by molar-refractivity contribution is 5.70. The van der Waals surface area contributed by atoms with E-state index >= 15 is 0 Å². The summed E-state index contributed by atoms with van der Waals surface area (Å²) in [4.78, 5) is 32.3. The zero-order chi connectivity index (χ0) is 16.1. The van der Waals surface area contributed by atoms with E-state index in [1.807, 2.05) is 4.90 Å². The Labute approximate surface area is 128 Å². The molecular weight excluding hydrogens is 288 g/mol. The lowest BCUT2D eigenvalue weighted by Crippen LogP contribution is -2.36. The van der Waals surface area contributed by atoms with Gasteiger partial charge < -0.3 is 9.64 Å². The third-order valence-electron chi connectivity index (χ3n) is 3.89. The summed E-state index contributed by atoms with van der Waals surface area (Å²) in [5, 5.41) is 11.3. The van der Waals surface area contributed by atoms with Gasteiger partial charge >= 0.3 is 11.7 Å². The van der Waals surface area contributed by atoms with E-state index in [-0.39, 0.29) is 24.1 Å². The SMILES string of the molecule is COC(=O)CCN(c1nc(C)ncc1[N+](=O)[O-])C1CCCC1. The van der Waals surface area contributed by atoms with E-state index < -0.39 is 4.92 Å². The van der Waals surface area contributed by atoms with Crippen LogP contribution < -0.4 is 4.90 Å². The van der Waals surface area contributed by atoms with Gasteiger partial charge in [0.05, 0.1) is 18.5 Å². The molecular formula is C14H20N4O4. The second kappa shape index (κ2) is 7.15. The second-order valence-electron chi connectivity index (χ2n) is 5.34. The van der Waals surface area contributed by atoms with Crippen molar-refractivity contribution >= 4 is 17.5 Å². The van der Waals surface area contributed by atoms with Gasteiger partial charge in [0.15, 0.2) is 0 Å². The van der Waals surface area contributed by atoms with Gasteiger partial charge in [-0.05, 0) is 19.8 Å². The number of hydrogen-bond donors (Lipinski definition) is 0. The van der Waals surface area contributed by atoms with Crippen LogP contribution in [0.3, 0.4) is 0 Å². The Hall–Kier alpha value is -2.25. The normalized spacial score (nSPS) is 14.8. The van der Waals surface area contributed by atoms with Gasteiger partial charge in [-0.3, -0.25) is 14.9 Å². The van der Waals surface area contributed by atoms with Crippen LogP contribution in [0.1, 0.15) is 37.9 Å². The van der Waals surface area contributed by atoms with E-state index in [1.165, 1.54) is 13.3 Å². The molecule has 1 aliphatic carbocycles. The number of aromatic nitrogens is 2. The molecule has 0 spiro atoms. The number of ether oxygens (including phenoxy) is 1. The highest BCUT2D eigenvalue weighted by atomic mass is 16.6. The van der Waals surface area contributed by atoms with Gasteiger partial charge in [0.25, 0.3) is 0 Å². The van der Waals surface area contributed by atoms with Crippen LogP contribution in [0.15, 0.2) is 6.20 Å². The van der Waals surface area contributed by atoms with Crippen LogP contribution in [0.5, 0.6) is 0 Å². The molecule has 0 atom stereocenters. The largest absolute Gasteiger partial charge is 0.469 e. The van der Waals surface area contributed by atoms with Gasteiger partial charge in [-0.2, -0.15) is 0 Å². The zero-order valence-corrected chi connectivity index (χ0v) is 12.8. The van der Waals surface area contributed by atoms with Crippen molar-refractivity contribution in [3.63, 3.8) is 0 Å². The molecule has 0 unspecified atom stereocenters. The first-order chi connectivity index (χ1) is 10.5. The van der Waals surface area contributed by atoms with E-state index in [4.69, 9.17) is 0 Å². The molecule has 0 amide bonds. The number of nitro groups is 1. The summed E-state index contributed by atoms with van der Waals surface area (Å²) in [5.74, 6) is 0.436. The lowest BCUT2D eigenvalue weighted by atomic mass is 10.2. The topological polar surface area (TPSA) is 98.5 Å². The average molecular weight is 308 g/mol. The van der Waals surface area contributed by atoms with Crippen molar-refractivity contribution in [2.75, 3.05) is 18.6 Å². The number of aryl methyl sites for hydroxylation is 1. The number of carbonyl (C=O) groups excluding carboxylic acids is 1. The van der Waals surface area contributed by atoms with E-state index in [2.05, 4.69) is 14.7 Å².